The summed E-state index contributed by atoms with van der Waals surface area (Å²) in [5.74, 6) is 2.28. The lowest BCUT2D eigenvalue weighted by atomic mass is 9.95. The molecule has 0 bridgehead atoms. The number of rotatable bonds is 7. The van der Waals surface area contributed by atoms with E-state index in [1.807, 2.05) is 18.2 Å². The molecule has 0 aliphatic carbocycles. The van der Waals surface area contributed by atoms with Crippen LogP contribution in [0, 0.1) is 5.92 Å². The summed E-state index contributed by atoms with van der Waals surface area (Å²) < 4.78 is 10.6. The Hall–Kier alpha value is -2.52. The van der Waals surface area contributed by atoms with Gasteiger partial charge < -0.3 is 14.8 Å². The first-order chi connectivity index (χ1) is 12.6. The molecule has 0 amide bonds. The van der Waals surface area contributed by atoms with Crippen LogP contribution < -0.4 is 14.8 Å². The molecule has 1 unspecified atom stereocenters. The molecule has 26 heavy (non-hydrogen) atoms. The largest absolute Gasteiger partial charge is 0.497 e. The summed E-state index contributed by atoms with van der Waals surface area (Å²) in [5.41, 5.74) is 2.56. The minimum atomic E-state index is 0.299. The van der Waals surface area contributed by atoms with Gasteiger partial charge in [0.2, 0.25) is 0 Å². The lowest BCUT2D eigenvalue weighted by Crippen LogP contribution is -2.25. The van der Waals surface area contributed by atoms with Gasteiger partial charge in [-0.15, -0.1) is 0 Å². The van der Waals surface area contributed by atoms with Crippen molar-refractivity contribution in [3.63, 3.8) is 0 Å². The average molecular weight is 349 g/mol. The van der Waals surface area contributed by atoms with Crippen molar-refractivity contribution < 1.29 is 9.47 Å². The first-order valence-corrected chi connectivity index (χ1v) is 9.04. The summed E-state index contributed by atoms with van der Waals surface area (Å²) in [5, 5.41) is 6.14. The van der Waals surface area contributed by atoms with E-state index in [-0.39, 0.29) is 0 Å². The Morgan fingerprint density at radius 3 is 2.04 bits per heavy atom. The van der Waals surface area contributed by atoms with E-state index >= 15 is 0 Å². The molecule has 0 saturated carbocycles. The second-order valence-corrected chi connectivity index (χ2v) is 6.92. The summed E-state index contributed by atoms with van der Waals surface area (Å²) in [4.78, 5) is 0. The highest BCUT2D eigenvalue weighted by atomic mass is 16.5. The molecule has 3 nitrogen and oxygen atoms in total. The van der Waals surface area contributed by atoms with Crippen LogP contribution in [0.15, 0.2) is 60.7 Å². The quantitative estimate of drug-likeness (QED) is 0.624. The third kappa shape index (κ3) is 4.17. The van der Waals surface area contributed by atoms with Crippen LogP contribution in [0.1, 0.15) is 31.0 Å². The fourth-order valence-electron chi connectivity index (χ4n) is 3.29. The topological polar surface area (TPSA) is 30.5 Å². The Morgan fingerprint density at radius 1 is 0.769 bits per heavy atom. The molecule has 1 atom stereocenters. The van der Waals surface area contributed by atoms with Gasteiger partial charge in [0.15, 0.2) is 0 Å². The summed E-state index contributed by atoms with van der Waals surface area (Å²) in [6, 6.07) is 21.4. The zero-order valence-electron chi connectivity index (χ0n) is 16.0. The van der Waals surface area contributed by atoms with Crippen LogP contribution in [0.3, 0.4) is 0 Å². The van der Waals surface area contributed by atoms with Gasteiger partial charge in [0.25, 0.3) is 0 Å². The first-order valence-electron chi connectivity index (χ1n) is 9.04. The molecule has 0 heterocycles. The molecule has 0 saturated heterocycles. The van der Waals surface area contributed by atoms with Crippen molar-refractivity contribution in [3.05, 3.63) is 71.8 Å². The van der Waals surface area contributed by atoms with Crippen molar-refractivity contribution >= 4 is 10.8 Å². The fraction of sp³-hybridized carbons (Fsp3) is 0.304. The molecule has 0 aliphatic rings. The number of ether oxygens (including phenoxy) is 2. The standard InChI is InChI=1S/C23H27NO2/c1-16(2)23(18-7-10-21(25-3)11-8-18)24-15-17-5-6-20-14-22(26-4)12-9-19(20)13-17/h5-14,16,23-24H,15H2,1-4H3. The van der Waals surface area contributed by atoms with Crippen LogP contribution in [0.5, 0.6) is 11.5 Å². The Morgan fingerprint density at radius 2 is 1.38 bits per heavy atom. The maximum atomic E-state index is 5.30. The summed E-state index contributed by atoms with van der Waals surface area (Å²) in [6.07, 6.45) is 0. The van der Waals surface area contributed by atoms with E-state index in [2.05, 4.69) is 61.6 Å². The van der Waals surface area contributed by atoms with Crippen molar-refractivity contribution in [3.8, 4) is 11.5 Å². The van der Waals surface area contributed by atoms with Crippen LogP contribution in [0.4, 0.5) is 0 Å². The van der Waals surface area contributed by atoms with Crippen LogP contribution >= 0.6 is 0 Å². The molecule has 1 N–H and O–H groups in total. The van der Waals surface area contributed by atoms with Crippen molar-refractivity contribution in [1.82, 2.24) is 5.32 Å². The Bertz CT molecular complexity index is 856. The molecule has 0 radical (unpaired) electrons. The Labute approximate surface area is 156 Å². The molecule has 0 aromatic heterocycles. The van der Waals surface area contributed by atoms with E-state index in [1.165, 1.54) is 21.9 Å². The van der Waals surface area contributed by atoms with Crippen LogP contribution in [0.25, 0.3) is 10.8 Å². The number of hydrogen-bond donors (Lipinski definition) is 1. The van der Waals surface area contributed by atoms with Crippen LogP contribution in [-0.4, -0.2) is 14.2 Å². The highest BCUT2D eigenvalue weighted by Gasteiger charge is 2.15. The highest BCUT2D eigenvalue weighted by molar-refractivity contribution is 5.84. The minimum Gasteiger partial charge on any atom is -0.497 e. The molecule has 0 fully saturated rings. The summed E-state index contributed by atoms with van der Waals surface area (Å²) in [6.45, 7) is 5.32. The zero-order chi connectivity index (χ0) is 18.5. The number of hydrogen-bond acceptors (Lipinski definition) is 3. The van der Waals surface area contributed by atoms with Crippen molar-refractivity contribution in [2.45, 2.75) is 26.4 Å². The van der Waals surface area contributed by atoms with Gasteiger partial charge in [-0.3, -0.25) is 0 Å². The van der Waals surface area contributed by atoms with Crippen LogP contribution in [0.2, 0.25) is 0 Å². The van der Waals surface area contributed by atoms with Gasteiger partial charge in [-0.1, -0.05) is 44.2 Å². The van der Waals surface area contributed by atoms with Crippen LogP contribution in [-0.2, 0) is 6.54 Å². The van der Waals surface area contributed by atoms with E-state index < -0.39 is 0 Å². The maximum absolute atomic E-state index is 5.30. The Kier molecular flexibility index (Phi) is 5.79. The smallest absolute Gasteiger partial charge is 0.119 e. The van der Waals surface area contributed by atoms with Gasteiger partial charge in [-0.25, -0.2) is 0 Å². The van der Waals surface area contributed by atoms with Gasteiger partial charge in [-0.2, -0.15) is 0 Å². The lowest BCUT2D eigenvalue weighted by molar-refractivity contribution is 0.404. The first kappa shape index (κ1) is 18.3. The number of nitrogens with one attached hydrogen (secondary N) is 1. The molecule has 3 rings (SSSR count). The zero-order valence-corrected chi connectivity index (χ0v) is 16.0. The van der Waals surface area contributed by atoms with Crippen molar-refractivity contribution in [2.75, 3.05) is 14.2 Å². The lowest BCUT2D eigenvalue weighted by Gasteiger charge is -2.23. The molecule has 3 aromatic rings. The minimum absolute atomic E-state index is 0.299. The second-order valence-electron chi connectivity index (χ2n) is 6.92. The van der Waals surface area contributed by atoms with Gasteiger partial charge in [-0.05, 0) is 58.1 Å². The van der Waals surface area contributed by atoms with E-state index in [4.69, 9.17) is 9.47 Å². The molecular weight excluding hydrogens is 322 g/mol. The molecule has 0 aliphatic heterocycles. The Balaban J connectivity index is 1.75. The fourth-order valence-corrected chi connectivity index (χ4v) is 3.29. The number of benzene rings is 3. The maximum Gasteiger partial charge on any atom is 0.119 e. The monoisotopic (exact) mass is 349 g/mol. The van der Waals surface area contributed by atoms with Gasteiger partial charge in [0.05, 0.1) is 14.2 Å². The van der Waals surface area contributed by atoms with E-state index in [1.54, 1.807) is 14.2 Å². The van der Waals surface area contributed by atoms with E-state index in [9.17, 15) is 0 Å². The van der Waals surface area contributed by atoms with Gasteiger partial charge >= 0.3 is 0 Å². The third-order valence-electron chi connectivity index (χ3n) is 4.78. The SMILES string of the molecule is COc1ccc(C(NCc2ccc3cc(OC)ccc3c2)C(C)C)cc1. The predicted octanol–water partition coefficient (Wildman–Crippen LogP) is 5.34. The van der Waals surface area contributed by atoms with Gasteiger partial charge in [0.1, 0.15) is 11.5 Å². The van der Waals surface area contributed by atoms with E-state index in [0.717, 1.165) is 18.0 Å². The van der Waals surface area contributed by atoms with Gasteiger partial charge in [0, 0.05) is 12.6 Å². The third-order valence-corrected chi connectivity index (χ3v) is 4.78. The second kappa shape index (κ2) is 8.24. The highest BCUT2D eigenvalue weighted by Crippen LogP contribution is 2.25. The summed E-state index contributed by atoms with van der Waals surface area (Å²) >= 11 is 0. The number of methoxy groups -OCH3 is 2. The summed E-state index contributed by atoms with van der Waals surface area (Å²) in [7, 11) is 3.40. The van der Waals surface area contributed by atoms with Crippen molar-refractivity contribution in [2.24, 2.45) is 5.92 Å². The predicted molar refractivity (Wildman–Crippen MR) is 108 cm³/mol. The van der Waals surface area contributed by atoms with Crippen molar-refractivity contribution in [1.29, 1.82) is 0 Å². The number of fused-ring (bicyclic) bond motifs is 1. The molecular formula is C23H27NO2. The average Bonchev–Trinajstić information content (AvgIpc) is 2.67. The normalized spacial score (nSPS) is 12.3. The van der Waals surface area contributed by atoms with E-state index in [0.29, 0.717) is 12.0 Å². The molecule has 0 spiro atoms. The molecule has 3 heteroatoms. The molecule has 136 valence electrons. The molecule has 3 aromatic carbocycles.